The number of thiophene rings is 1. The van der Waals surface area contributed by atoms with E-state index >= 15 is 0 Å². The summed E-state index contributed by atoms with van der Waals surface area (Å²) in [6.45, 7) is 4.89. The highest BCUT2D eigenvalue weighted by Crippen LogP contribution is 2.38. The largest absolute Gasteiger partial charge is 0.486 e. The molecule has 6 nitrogen and oxygen atoms in total. The van der Waals surface area contributed by atoms with Crippen molar-refractivity contribution in [3.8, 4) is 21.9 Å². The van der Waals surface area contributed by atoms with Crippen LogP contribution in [0.1, 0.15) is 24.2 Å². The maximum absolute atomic E-state index is 13.0. The van der Waals surface area contributed by atoms with Crippen molar-refractivity contribution in [2.75, 3.05) is 25.1 Å². The summed E-state index contributed by atoms with van der Waals surface area (Å²) in [4.78, 5) is 27.2. The number of carbonyl (C=O) groups is 2. The highest BCUT2D eigenvalue weighted by atomic mass is 32.2. The first-order valence-corrected chi connectivity index (χ1v) is 12.0. The standard InChI is InChI=1S/C24H23NO5S2/c1-3-28-24(27)18-14-21(16-7-5-4-6-8-16)32-23(18)25-22(26)15(2)31-17-9-10-19-20(13-17)30-12-11-29-19/h4-10,13-15H,3,11-12H2,1-2H3,(H,25,26). The second-order valence-electron chi connectivity index (χ2n) is 6.99. The quantitative estimate of drug-likeness (QED) is 0.365. The molecule has 8 heteroatoms. The summed E-state index contributed by atoms with van der Waals surface area (Å²) in [5.74, 6) is 0.748. The monoisotopic (exact) mass is 469 g/mol. The first-order chi connectivity index (χ1) is 15.5. The molecule has 32 heavy (non-hydrogen) atoms. The highest BCUT2D eigenvalue weighted by molar-refractivity contribution is 8.00. The van der Waals surface area contributed by atoms with Crippen molar-refractivity contribution >= 4 is 40.0 Å². The third-order valence-corrected chi connectivity index (χ3v) is 6.91. The Morgan fingerprint density at radius 3 is 2.59 bits per heavy atom. The Morgan fingerprint density at radius 2 is 1.84 bits per heavy atom. The Balaban J connectivity index is 1.51. The third kappa shape index (κ3) is 5.08. The van der Waals surface area contributed by atoms with Gasteiger partial charge in [0.2, 0.25) is 5.91 Å². The summed E-state index contributed by atoms with van der Waals surface area (Å²) in [6.07, 6.45) is 0. The molecule has 0 spiro atoms. The SMILES string of the molecule is CCOC(=O)c1cc(-c2ccccc2)sc1NC(=O)C(C)Sc1ccc2c(c1)OCCO2. The summed E-state index contributed by atoms with van der Waals surface area (Å²) >= 11 is 2.77. The van der Waals surface area contributed by atoms with Gasteiger partial charge in [-0.3, -0.25) is 4.79 Å². The van der Waals surface area contributed by atoms with Crippen molar-refractivity contribution in [1.82, 2.24) is 0 Å². The van der Waals surface area contributed by atoms with Gasteiger partial charge in [0, 0.05) is 9.77 Å². The van der Waals surface area contributed by atoms with E-state index in [0.717, 1.165) is 15.3 Å². The van der Waals surface area contributed by atoms with E-state index in [2.05, 4.69) is 5.32 Å². The molecule has 3 aromatic rings. The van der Waals surface area contributed by atoms with Gasteiger partial charge in [0.25, 0.3) is 0 Å². The highest BCUT2D eigenvalue weighted by Gasteiger charge is 2.23. The molecular formula is C24H23NO5S2. The number of amides is 1. The lowest BCUT2D eigenvalue weighted by atomic mass is 10.1. The van der Waals surface area contributed by atoms with E-state index in [1.165, 1.54) is 23.1 Å². The summed E-state index contributed by atoms with van der Waals surface area (Å²) < 4.78 is 16.4. The Morgan fingerprint density at radius 1 is 1.09 bits per heavy atom. The Kier molecular flexibility index (Phi) is 7.02. The molecule has 0 saturated heterocycles. The van der Waals surface area contributed by atoms with E-state index in [1.54, 1.807) is 13.0 Å². The number of fused-ring (bicyclic) bond motifs is 1. The van der Waals surface area contributed by atoms with E-state index in [9.17, 15) is 9.59 Å². The fourth-order valence-corrected chi connectivity index (χ4v) is 5.11. The summed E-state index contributed by atoms with van der Waals surface area (Å²) in [5, 5.41) is 3.02. The van der Waals surface area contributed by atoms with Gasteiger partial charge in [0.15, 0.2) is 11.5 Å². The van der Waals surface area contributed by atoms with Crippen LogP contribution in [0.15, 0.2) is 59.5 Å². The minimum atomic E-state index is -0.451. The van der Waals surface area contributed by atoms with Gasteiger partial charge in [-0.05, 0) is 43.7 Å². The van der Waals surface area contributed by atoms with Gasteiger partial charge in [0.05, 0.1) is 17.4 Å². The van der Waals surface area contributed by atoms with Crippen LogP contribution in [0.2, 0.25) is 0 Å². The van der Waals surface area contributed by atoms with Gasteiger partial charge in [0.1, 0.15) is 18.2 Å². The van der Waals surface area contributed by atoms with Gasteiger partial charge in [-0.1, -0.05) is 30.3 Å². The van der Waals surface area contributed by atoms with Crippen LogP contribution >= 0.6 is 23.1 Å². The van der Waals surface area contributed by atoms with Crippen LogP contribution in [0, 0.1) is 0 Å². The summed E-state index contributed by atoms with van der Waals surface area (Å²) in [5.41, 5.74) is 1.34. The minimum absolute atomic E-state index is 0.197. The zero-order chi connectivity index (χ0) is 22.5. The zero-order valence-corrected chi connectivity index (χ0v) is 19.4. The third-order valence-electron chi connectivity index (χ3n) is 4.72. The van der Waals surface area contributed by atoms with Gasteiger partial charge >= 0.3 is 5.97 Å². The number of esters is 1. The smallest absolute Gasteiger partial charge is 0.341 e. The lowest BCUT2D eigenvalue weighted by Gasteiger charge is -2.19. The van der Waals surface area contributed by atoms with Gasteiger partial charge < -0.3 is 19.5 Å². The number of hydrogen-bond acceptors (Lipinski definition) is 7. The van der Waals surface area contributed by atoms with Crippen molar-refractivity contribution in [2.45, 2.75) is 24.0 Å². The van der Waals surface area contributed by atoms with Crippen LogP contribution in [-0.2, 0) is 9.53 Å². The van der Waals surface area contributed by atoms with Crippen LogP contribution in [-0.4, -0.2) is 36.9 Å². The molecule has 2 aromatic carbocycles. The van der Waals surface area contributed by atoms with E-state index in [0.29, 0.717) is 35.3 Å². The first-order valence-electron chi connectivity index (χ1n) is 10.3. The molecule has 0 bridgehead atoms. The van der Waals surface area contributed by atoms with Crippen LogP contribution in [0.25, 0.3) is 10.4 Å². The topological polar surface area (TPSA) is 73.9 Å². The Labute approximate surface area is 194 Å². The van der Waals surface area contributed by atoms with Crippen molar-refractivity contribution in [3.63, 3.8) is 0 Å². The number of benzene rings is 2. The predicted molar refractivity (Wildman–Crippen MR) is 127 cm³/mol. The number of nitrogens with one attached hydrogen (secondary N) is 1. The molecule has 1 unspecified atom stereocenters. The van der Waals surface area contributed by atoms with E-state index in [-0.39, 0.29) is 12.5 Å². The molecule has 2 heterocycles. The molecule has 1 aromatic heterocycles. The molecular weight excluding hydrogens is 446 g/mol. The number of anilines is 1. The second-order valence-corrected chi connectivity index (χ2v) is 9.46. The minimum Gasteiger partial charge on any atom is -0.486 e. The average molecular weight is 470 g/mol. The number of thioether (sulfide) groups is 1. The van der Waals surface area contributed by atoms with Gasteiger partial charge in [-0.15, -0.1) is 23.1 Å². The summed E-state index contributed by atoms with van der Waals surface area (Å²) in [6, 6.07) is 17.1. The molecule has 0 radical (unpaired) electrons. The molecule has 0 saturated carbocycles. The number of rotatable bonds is 7. The first kappa shape index (κ1) is 22.2. The predicted octanol–water partition coefficient (Wildman–Crippen LogP) is 5.48. The fraction of sp³-hybridized carbons (Fsp3) is 0.250. The van der Waals surface area contributed by atoms with Crippen LogP contribution in [0.4, 0.5) is 5.00 Å². The maximum Gasteiger partial charge on any atom is 0.341 e. The molecule has 166 valence electrons. The molecule has 0 aliphatic carbocycles. The van der Waals surface area contributed by atoms with Crippen molar-refractivity contribution < 1.29 is 23.8 Å². The van der Waals surface area contributed by atoms with Crippen molar-refractivity contribution in [2.24, 2.45) is 0 Å². The molecule has 1 atom stereocenters. The van der Waals surface area contributed by atoms with Crippen LogP contribution in [0.5, 0.6) is 11.5 Å². The normalized spacial score (nSPS) is 13.3. The fourth-order valence-electron chi connectivity index (χ4n) is 3.16. The van der Waals surface area contributed by atoms with Crippen LogP contribution < -0.4 is 14.8 Å². The molecule has 0 fully saturated rings. The van der Waals surface area contributed by atoms with Gasteiger partial charge in [-0.2, -0.15) is 0 Å². The van der Waals surface area contributed by atoms with E-state index < -0.39 is 11.2 Å². The van der Waals surface area contributed by atoms with Crippen LogP contribution in [0.3, 0.4) is 0 Å². The maximum atomic E-state index is 13.0. The van der Waals surface area contributed by atoms with E-state index in [1.807, 2.05) is 55.5 Å². The second kappa shape index (κ2) is 10.1. The Bertz CT molecular complexity index is 1110. The lowest BCUT2D eigenvalue weighted by molar-refractivity contribution is -0.115. The van der Waals surface area contributed by atoms with Crippen molar-refractivity contribution in [3.05, 3.63) is 60.2 Å². The lowest BCUT2D eigenvalue weighted by Crippen LogP contribution is -2.23. The molecule has 4 rings (SSSR count). The number of ether oxygens (including phenoxy) is 3. The number of hydrogen-bond donors (Lipinski definition) is 1. The zero-order valence-electron chi connectivity index (χ0n) is 17.8. The average Bonchev–Trinajstić information content (AvgIpc) is 3.23. The molecule has 1 amide bonds. The number of carbonyl (C=O) groups excluding carboxylic acids is 2. The van der Waals surface area contributed by atoms with E-state index in [4.69, 9.17) is 14.2 Å². The Hall–Kier alpha value is -2.97. The molecule has 1 aliphatic heterocycles. The van der Waals surface area contributed by atoms with Gasteiger partial charge in [-0.25, -0.2) is 4.79 Å². The van der Waals surface area contributed by atoms with Crippen molar-refractivity contribution in [1.29, 1.82) is 0 Å². The summed E-state index contributed by atoms with van der Waals surface area (Å²) in [7, 11) is 0. The molecule has 1 N–H and O–H groups in total. The molecule has 1 aliphatic rings.